The monoisotopic (exact) mass is 273 g/mol. The molecule has 0 radical (unpaired) electrons. The minimum atomic E-state index is 0.214. The largest absolute Gasteiger partial charge is 0.494 e. The second kappa shape index (κ2) is 4.32. The summed E-state index contributed by atoms with van der Waals surface area (Å²) < 4.78 is 11.1. The topological polar surface area (TPSA) is 30.5 Å². The fourth-order valence-corrected chi connectivity index (χ4v) is 3.48. The summed E-state index contributed by atoms with van der Waals surface area (Å²) in [4.78, 5) is 0. The van der Waals surface area contributed by atoms with Crippen LogP contribution in [0, 0.1) is 0 Å². The molecular formula is C12H13Cl2NO2. The van der Waals surface area contributed by atoms with E-state index in [-0.39, 0.29) is 6.10 Å². The van der Waals surface area contributed by atoms with E-state index in [0.717, 1.165) is 24.2 Å². The first kappa shape index (κ1) is 11.6. The Kier molecular flexibility index (Phi) is 2.95. The fourth-order valence-electron chi connectivity index (χ4n) is 2.69. The standard InChI is InChI=1S/C12H13Cl2NO2/c1-16-12-8(13)2-6-5-17-9-4-15-3-7(9)10(6)11(12)14/h2,7,9,15H,3-5H2,1H3. The van der Waals surface area contributed by atoms with Gasteiger partial charge in [0.2, 0.25) is 0 Å². The smallest absolute Gasteiger partial charge is 0.156 e. The highest BCUT2D eigenvalue weighted by atomic mass is 35.5. The van der Waals surface area contributed by atoms with Crippen molar-refractivity contribution in [2.75, 3.05) is 20.2 Å². The highest BCUT2D eigenvalue weighted by molar-refractivity contribution is 6.37. The van der Waals surface area contributed by atoms with E-state index in [1.807, 2.05) is 6.07 Å². The second-order valence-corrected chi connectivity index (χ2v) is 5.18. The van der Waals surface area contributed by atoms with Gasteiger partial charge in [0.25, 0.3) is 0 Å². The SMILES string of the molecule is COc1c(Cl)cc2c(c1Cl)C1CNCC1OC2. The van der Waals surface area contributed by atoms with Crippen LogP contribution in [0.1, 0.15) is 17.0 Å². The molecular weight excluding hydrogens is 261 g/mol. The van der Waals surface area contributed by atoms with Crippen molar-refractivity contribution in [3.63, 3.8) is 0 Å². The second-order valence-electron chi connectivity index (χ2n) is 4.39. The molecule has 5 heteroatoms. The van der Waals surface area contributed by atoms with Crippen LogP contribution >= 0.6 is 23.2 Å². The molecule has 1 saturated heterocycles. The molecule has 0 amide bonds. The van der Waals surface area contributed by atoms with Gasteiger partial charge in [-0.15, -0.1) is 0 Å². The lowest BCUT2D eigenvalue weighted by molar-refractivity contribution is 0.0299. The zero-order valence-electron chi connectivity index (χ0n) is 9.43. The van der Waals surface area contributed by atoms with Gasteiger partial charge in [-0.05, 0) is 17.2 Å². The summed E-state index contributed by atoms with van der Waals surface area (Å²) in [6.45, 7) is 2.34. The van der Waals surface area contributed by atoms with Gasteiger partial charge in [0.05, 0.1) is 29.9 Å². The number of rotatable bonds is 1. The van der Waals surface area contributed by atoms with E-state index in [9.17, 15) is 0 Å². The predicted molar refractivity (Wildman–Crippen MR) is 67.2 cm³/mol. The van der Waals surface area contributed by atoms with Crippen LogP contribution in [0.3, 0.4) is 0 Å². The van der Waals surface area contributed by atoms with E-state index in [4.69, 9.17) is 32.7 Å². The predicted octanol–water partition coefficient (Wildman–Crippen LogP) is 2.59. The Hall–Kier alpha value is -0.480. The van der Waals surface area contributed by atoms with Gasteiger partial charge >= 0.3 is 0 Å². The molecule has 92 valence electrons. The average Bonchev–Trinajstić information content (AvgIpc) is 2.76. The highest BCUT2D eigenvalue weighted by Gasteiger charge is 2.37. The Balaban J connectivity index is 2.16. The number of halogens is 2. The first-order chi connectivity index (χ1) is 8.22. The quantitative estimate of drug-likeness (QED) is 0.853. The fraction of sp³-hybridized carbons (Fsp3) is 0.500. The van der Waals surface area contributed by atoms with Gasteiger partial charge < -0.3 is 14.8 Å². The molecule has 0 aromatic heterocycles. The molecule has 0 spiro atoms. The molecule has 17 heavy (non-hydrogen) atoms. The van der Waals surface area contributed by atoms with Crippen LogP contribution in [-0.4, -0.2) is 26.3 Å². The molecule has 3 nitrogen and oxygen atoms in total. The lowest BCUT2D eigenvalue weighted by atomic mass is 9.89. The number of methoxy groups -OCH3 is 1. The lowest BCUT2D eigenvalue weighted by Gasteiger charge is -2.29. The third-order valence-corrected chi connectivity index (χ3v) is 4.14. The van der Waals surface area contributed by atoms with Gasteiger partial charge in [-0.2, -0.15) is 0 Å². The van der Waals surface area contributed by atoms with E-state index < -0.39 is 0 Å². The van der Waals surface area contributed by atoms with Crippen molar-refractivity contribution in [1.82, 2.24) is 5.32 Å². The molecule has 1 aromatic rings. The van der Waals surface area contributed by atoms with E-state index >= 15 is 0 Å². The van der Waals surface area contributed by atoms with Crippen molar-refractivity contribution in [2.24, 2.45) is 0 Å². The zero-order chi connectivity index (χ0) is 12.0. The summed E-state index contributed by atoms with van der Waals surface area (Å²) in [5.41, 5.74) is 2.21. The zero-order valence-corrected chi connectivity index (χ0v) is 10.9. The molecule has 1 N–H and O–H groups in total. The minimum Gasteiger partial charge on any atom is -0.494 e. The lowest BCUT2D eigenvalue weighted by Crippen LogP contribution is -2.27. The Labute approximate surface area is 110 Å². The van der Waals surface area contributed by atoms with Gasteiger partial charge in [0.1, 0.15) is 0 Å². The summed E-state index contributed by atoms with van der Waals surface area (Å²) in [5.74, 6) is 0.872. The third-order valence-electron chi connectivity index (χ3n) is 3.49. The molecule has 1 aromatic carbocycles. The van der Waals surface area contributed by atoms with E-state index in [1.54, 1.807) is 7.11 Å². The van der Waals surface area contributed by atoms with Gasteiger partial charge in [0.15, 0.2) is 5.75 Å². The molecule has 2 atom stereocenters. The van der Waals surface area contributed by atoms with Crippen molar-refractivity contribution in [3.05, 3.63) is 27.2 Å². The summed E-state index contributed by atoms with van der Waals surface area (Å²) in [5, 5.41) is 4.51. The number of ether oxygens (including phenoxy) is 2. The molecule has 0 aliphatic carbocycles. The van der Waals surface area contributed by atoms with Gasteiger partial charge in [-0.3, -0.25) is 0 Å². The minimum absolute atomic E-state index is 0.214. The maximum Gasteiger partial charge on any atom is 0.156 e. The molecule has 3 rings (SSSR count). The van der Waals surface area contributed by atoms with Crippen LogP contribution in [0.5, 0.6) is 5.75 Å². The normalized spacial score (nSPS) is 26.5. The molecule has 2 heterocycles. The highest BCUT2D eigenvalue weighted by Crippen LogP contribution is 2.45. The van der Waals surface area contributed by atoms with Crippen molar-refractivity contribution >= 4 is 23.2 Å². The molecule has 2 aliphatic heterocycles. The van der Waals surface area contributed by atoms with Gasteiger partial charge in [-0.25, -0.2) is 0 Å². The molecule has 2 aliphatic rings. The Morgan fingerprint density at radius 2 is 2.24 bits per heavy atom. The summed E-state index contributed by atoms with van der Waals surface area (Å²) in [6, 6.07) is 1.90. The first-order valence-electron chi connectivity index (χ1n) is 5.59. The number of benzene rings is 1. The van der Waals surface area contributed by atoms with E-state index in [2.05, 4.69) is 5.32 Å². The molecule has 0 saturated carbocycles. The Morgan fingerprint density at radius 3 is 3.00 bits per heavy atom. The van der Waals surface area contributed by atoms with Crippen molar-refractivity contribution in [2.45, 2.75) is 18.6 Å². The summed E-state index contributed by atoms with van der Waals surface area (Å²) in [7, 11) is 1.59. The third kappa shape index (κ3) is 1.73. The number of hydrogen-bond acceptors (Lipinski definition) is 3. The van der Waals surface area contributed by atoms with Crippen LogP contribution in [0.2, 0.25) is 10.0 Å². The summed E-state index contributed by atoms with van der Waals surface area (Å²) in [6.07, 6.45) is 0.214. The molecule has 2 unspecified atom stereocenters. The van der Waals surface area contributed by atoms with Crippen LogP contribution in [0.4, 0.5) is 0 Å². The maximum atomic E-state index is 6.41. The molecule has 0 bridgehead atoms. The summed E-state index contributed by atoms with van der Waals surface area (Å²) >= 11 is 12.5. The average molecular weight is 274 g/mol. The Morgan fingerprint density at radius 1 is 1.41 bits per heavy atom. The maximum absolute atomic E-state index is 6.41. The van der Waals surface area contributed by atoms with E-state index in [0.29, 0.717) is 28.3 Å². The van der Waals surface area contributed by atoms with Crippen molar-refractivity contribution in [3.8, 4) is 5.75 Å². The van der Waals surface area contributed by atoms with Crippen LogP contribution < -0.4 is 10.1 Å². The van der Waals surface area contributed by atoms with Crippen LogP contribution in [-0.2, 0) is 11.3 Å². The van der Waals surface area contributed by atoms with Crippen LogP contribution in [0.15, 0.2) is 6.07 Å². The van der Waals surface area contributed by atoms with Gasteiger partial charge in [-0.1, -0.05) is 23.2 Å². The van der Waals surface area contributed by atoms with Crippen molar-refractivity contribution in [1.29, 1.82) is 0 Å². The van der Waals surface area contributed by atoms with Gasteiger partial charge in [0, 0.05) is 19.0 Å². The van der Waals surface area contributed by atoms with Crippen LogP contribution in [0.25, 0.3) is 0 Å². The van der Waals surface area contributed by atoms with E-state index in [1.165, 1.54) is 0 Å². The van der Waals surface area contributed by atoms with Crippen molar-refractivity contribution < 1.29 is 9.47 Å². The Bertz CT molecular complexity index is 464. The number of fused-ring (bicyclic) bond motifs is 3. The molecule has 1 fully saturated rings. The first-order valence-corrected chi connectivity index (χ1v) is 6.35. The number of nitrogens with one attached hydrogen (secondary N) is 1. The number of hydrogen-bond donors (Lipinski definition) is 1.